The summed E-state index contributed by atoms with van der Waals surface area (Å²) in [7, 11) is 0. The van der Waals surface area contributed by atoms with Gasteiger partial charge in [0, 0.05) is 32.7 Å². The highest BCUT2D eigenvalue weighted by Gasteiger charge is 2.19. The van der Waals surface area contributed by atoms with Crippen LogP contribution in [0.5, 0.6) is 0 Å². The second-order valence-corrected chi connectivity index (χ2v) is 5.24. The van der Waals surface area contributed by atoms with Gasteiger partial charge in [-0.15, -0.1) is 0 Å². The number of piperazine rings is 1. The lowest BCUT2D eigenvalue weighted by molar-refractivity contribution is 0.0724. The van der Waals surface area contributed by atoms with Gasteiger partial charge >= 0.3 is 0 Å². The fourth-order valence-corrected chi connectivity index (χ4v) is 2.63. The van der Waals surface area contributed by atoms with Crippen molar-refractivity contribution in [1.82, 2.24) is 14.9 Å². The fourth-order valence-electron chi connectivity index (χ4n) is 2.63. The molecular formula is C15H22N4O2. The molecule has 0 unspecified atom stereocenters. The van der Waals surface area contributed by atoms with Gasteiger partial charge in [0.25, 0.3) is 0 Å². The molecule has 0 aliphatic carbocycles. The molecule has 0 atom stereocenters. The van der Waals surface area contributed by atoms with Crippen molar-refractivity contribution in [2.45, 2.75) is 0 Å². The van der Waals surface area contributed by atoms with E-state index in [9.17, 15) is 0 Å². The van der Waals surface area contributed by atoms with Gasteiger partial charge in [0.1, 0.15) is 0 Å². The third-order valence-corrected chi connectivity index (χ3v) is 3.84. The number of rotatable bonds is 6. The third-order valence-electron chi connectivity index (χ3n) is 3.84. The monoisotopic (exact) mass is 290 g/mol. The van der Waals surface area contributed by atoms with E-state index in [4.69, 9.17) is 9.84 Å². The van der Waals surface area contributed by atoms with Crippen molar-refractivity contribution in [3.05, 3.63) is 24.3 Å². The van der Waals surface area contributed by atoms with E-state index in [-0.39, 0.29) is 6.61 Å². The van der Waals surface area contributed by atoms with Gasteiger partial charge < -0.3 is 19.7 Å². The quantitative estimate of drug-likeness (QED) is 0.767. The van der Waals surface area contributed by atoms with Crippen LogP contribution in [-0.4, -0.2) is 72.5 Å². The van der Waals surface area contributed by atoms with Crippen LogP contribution >= 0.6 is 0 Å². The van der Waals surface area contributed by atoms with Gasteiger partial charge in [-0.25, -0.2) is 4.98 Å². The average molecular weight is 290 g/mol. The van der Waals surface area contributed by atoms with Gasteiger partial charge in [0.05, 0.1) is 30.9 Å². The van der Waals surface area contributed by atoms with Crippen molar-refractivity contribution < 1.29 is 9.84 Å². The van der Waals surface area contributed by atoms with Crippen LogP contribution in [0.3, 0.4) is 0 Å². The highest BCUT2D eigenvalue weighted by Crippen LogP contribution is 2.18. The maximum atomic E-state index is 8.67. The Morgan fingerprint density at radius 3 is 2.71 bits per heavy atom. The van der Waals surface area contributed by atoms with Crippen molar-refractivity contribution in [3.63, 3.8) is 0 Å². The number of anilines is 1. The number of benzene rings is 1. The summed E-state index contributed by atoms with van der Waals surface area (Å²) >= 11 is 0. The molecule has 2 heterocycles. The number of H-pyrrole nitrogens is 1. The average Bonchev–Trinajstić information content (AvgIpc) is 2.96. The molecule has 1 aromatic carbocycles. The minimum absolute atomic E-state index is 0.0971. The lowest BCUT2D eigenvalue weighted by Crippen LogP contribution is -2.47. The Labute approximate surface area is 124 Å². The first-order chi connectivity index (χ1) is 10.4. The molecule has 0 saturated carbocycles. The molecular weight excluding hydrogens is 268 g/mol. The van der Waals surface area contributed by atoms with Crippen molar-refractivity contribution in [1.29, 1.82) is 0 Å². The zero-order valence-electron chi connectivity index (χ0n) is 12.2. The molecule has 6 heteroatoms. The number of hydrogen-bond donors (Lipinski definition) is 2. The molecule has 1 aliphatic rings. The number of aromatic nitrogens is 2. The molecule has 1 aliphatic heterocycles. The number of nitrogens with one attached hydrogen (secondary N) is 1. The van der Waals surface area contributed by atoms with Gasteiger partial charge in [-0.05, 0) is 12.1 Å². The molecule has 0 radical (unpaired) electrons. The predicted molar refractivity (Wildman–Crippen MR) is 82.7 cm³/mol. The number of fused-ring (bicyclic) bond motifs is 1. The largest absolute Gasteiger partial charge is 0.394 e. The standard InChI is InChI=1S/C15H22N4O2/c20-10-12-21-11-9-18-5-7-19(8-6-18)15-16-13-3-1-2-4-14(13)17-15/h1-4,20H,5-12H2,(H,16,17). The van der Waals surface area contributed by atoms with Crippen LogP contribution in [0.15, 0.2) is 24.3 Å². The first-order valence-electron chi connectivity index (χ1n) is 7.47. The van der Waals surface area contributed by atoms with Crippen LogP contribution < -0.4 is 4.90 Å². The number of aromatic amines is 1. The van der Waals surface area contributed by atoms with Crippen LogP contribution in [0, 0.1) is 0 Å². The zero-order valence-corrected chi connectivity index (χ0v) is 12.2. The van der Waals surface area contributed by atoms with Crippen molar-refractivity contribution in [2.75, 3.05) is 57.4 Å². The van der Waals surface area contributed by atoms with Crippen LogP contribution in [0.25, 0.3) is 11.0 Å². The summed E-state index contributed by atoms with van der Waals surface area (Å²) in [5, 5.41) is 8.67. The summed E-state index contributed by atoms with van der Waals surface area (Å²) in [6.07, 6.45) is 0. The molecule has 114 valence electrons. The van der Waals surface area contributed by atoms with Crippen LogP contribution in [-0.2, 0) is 4.74 Å². The molecule has 1 fully saturated rings. The van der Waals surface area contributed by atoms with Crippen LogP contribution in [0.4, 0.5) is 5.95 Å². The molecule has 1 saturated heterocycles. The van der Waals surface area contributed by atoms with E-state index in [1.807, 2.05) is 18.2 Å². The fraction of sp³-hybridized carbons (Fsp3) is 0.533. The molecule has 21 heavy (non-hydrogen) atoms. The number of aliphatic hydroxyl groups excluding tert-OH is 1. The lowest BCUT2D eigenvalue weighted by Gasteiger charge is -2.34. The minimum Gasteiger partial charge on any atom is -0.394 e. The summed E-state index contributed by atoms with van der Waals surface area (Å²) in [5.41, 5.74) is 2.11. The van der Waals surface area contributed by atoms with Gasteiger partial charge in [0.2, 0.25) is 5.95 Å². The third kappa shape index (κ3) is 3.53. The lowest BCUT2D eigenvalue weighted by atomic mass is 10.3. The van der Waals surface area contributed by atoms with E-state index >= 15 is 0 Å². The van der Waals surface area contributed by atoms with E-state index in [0.717, 1.165) is 49.7 Å². The molecule has 3 rings (SSSR count). The summed E-state index contributed by atoms with van der Waals surface area (Å²) < 4.78 is 5.31. The molecule has 0 bridgehead atoms. The highest BCUT2D eigenvalue weighted by molar-refractivity contribution is 5.77. The first kappa shape index (κ1) is 14.3. The summed E-state index contributed by atoms with van der Waals surface area (Å²) in [4.78, 5) is 12.7. The van der Waals surface area contributed by atoms with E-state index in [1.54, 1.807) is 0 Å². The Bertz CT molecular complexity index is 531. The number of imidazole rings is 1. The molecule has 2 N–H and O–H groups in total. The first-order valence-corrected chi connectivity index (χ1v) is 7.47. The Morgan fingerprint density at radius 1 is 1.14 bits per heavy atom. The van der Waals surface area contributed by atoms with Gasteiger partial charge in [-0.1, -0.05) is 12.1 Å². The zero-order chi connectivity index (χ0) is 14.5. The van der Waals surface area contributed by atoms with Crippen molar-refractivity contribution in [3.8, 4) is 0 Å². The Balaban J connectivity index is 1.51. The number of nitrogens with zero attached hydrogens (tertiary/aromatic N) is 3. The highest BCUT2D eigenvalue weighted by atomic mass is 16.5. The molecule has 0 spiro atoms. The van der Waals surface area contributed by atoms with E-state index < -0.39 is 0 Å². The number of ether oxygens (including phenoxy) is 1. The minimum atomic E-state index is 0.0971. The number of para-hydroxylation sites is 2. The smallest absolute Gasteiger partial charge is 0.203 e. The Morgan fingerprint density at radius 2 is 1.95 bits per heavy atom. The molecule has 6 nitrogen and oxygen atoms in total. The van der Waals surface area contributed by atoms with E-state index in [2.05, 4.69) is 25.8 Å². The maximum absolute atomic E-state index is 8.67. The van der Waals surface area contributed by atoms with Crippen molar-refractivity contribution in [2.24, 2.45) is 0 Å². The summed E-state index contributed by atoms with van der Waals surface area (Å²) in [6, 6.07) is 8.12. The number of aliphatic hydroxyl groups is 1. The van der Waals surface area contributed by atoms with Gasteiger partial charge in [0.15, 0.2) is 0 Å². The van der Waals surface area contributed by atoms with Crippen LogP contribution in [0.2, 0.25) is 0 Å². The topological polar surface area (TPSA) is 64.6 Å². The summed E-state index contributed by atoms with van der Waals surface area (Å²) in [6.45, 7) is 6.11. The van der Waals surface area contributed by atoms with Crippen LogP contribution in [0.1, 0.15) is 0 Å². The van der Waals surface area contributed by atoms with Gasteiger partial charge in [-0.2, -0.15) is 0 Å². The predicted octanol–water partition coefficient (Wildman–Crippen LogP) is 0.694. The molecule has 2 aromatic rings. The van der Waals surface area contributed by atoms with Crippen molar-refractivity contribution >= 4 is 17.0 Å². The second-order valence-electron chi connectivity index (χ2n) is 5.24. The van der Waals surface area contributed by atoms with E-state index in [1.165, 1.54) is 0 Å². The molecule has 0 amide bonds. The Kier molecular flexibility index (Phi) is 4.69. The summed E-state index contributed by atoms with van der Waals surface area (Å²) in [5.74, 6) is 0.965. The van der Waals surface area contributed by atoms with Gasteiger partial charge in [-0.3, -0.25) is 4.90 Å². The maximum Gasteiger partial charge on any atom is 0.203 e. The Hall–Kier alpha value is -1.63. The SMILES string of the molecule is OCCOCCN1CCN(c2nc3ccccc3[nH]2)CC1. The molecule has 1 aromatic heterocycles. The van der Waals surface area contributed by atoms with E-state index in [0.29, 0.717) is 13.2 Å². The normalized spacial score (nSPS) is 16.7. The second kappa shape index (κ2) is 6.89. The number of hydrogen-bond acceptors (Lipinski definition) is 5.